The van der Waals surface area contributed by atoms with Gasteiger partial charge < -0.3 is 31.3 Å². The molecule has 9 N–H and O–H groups in total. The molecule has 0 spiro atoms. The summed E-state index contributed by atoms with van der Waals surface area (Å²) >= 11 is 0. The Balaban J connectivity index is -0.0000000369. The van der Waals surface area contributed by atoms with Crippen molar-refractivity contribution in [2.45, 2.75) is 31.3 Å². The van der Waals surface area contributed by atoms with E-state index in [0.717, 1.165) is 0 Å². The van der Waals surface area contributed by atoms with Crippen LogP contribution in [-0.4, -0.2) is 68.9 Å². The van der Waals surface area contributed by atoms with Gasteiger partial charge in [0.15, 0.2) is 12.2 Å². The van der Waals surface area contributed by atoms with Crippen LogP contribution in [0.2, 0.25) is 0 Å². The average Bonchev–Trinajstić information content (AvgIpc) is 2.82. The summed E-state index contributed by atoms with van der Waals surface area (Å²) in [5, 5.41) is 47.8. The van der Waals surface area contributed by atoms with E-state index in [2.05, 4.69) is 94.5 Å². The molecule has 0 bridgehead atoms. The largest absolute Gasteiger partial charge is 0.479 e. The van der Waals surface area contributed by atoms with Crippen LogP contribution in [0.5, 0.6) is 0 Å². The minimum Gasteiger partial charge on any atom is -0.479 e. The van der Waals surface area contributed by atoms with Crippen molar-refractivity contribution < 1.29 is 62.3 Å². The van der Waals surface area contributed by atoms with E-state index in [1.54, 1.807) is 14.0 Å². The highest BCUT2D eigenvalue weighted by atomic mass is 16.4. The third kappa shape index (κ3) is 15.7. The van der Waals surface area contributed by atoms with Gasteiger partial charge in [-0.15, -0.1) is 0 Å². The molecule has 4 atom stereocenters. The quantitative estimate of drug-likeness (QED) is 0.200. The number of aliphatic carboxylic acids is 1. The minimum atomic E-state index is -2.39. The summed E-state index contributed by atoms with van der Waals surface area (Å²) in [6, 6.07) is 2.04. The van der Waals surface area contributed by atoms with Crippen molar-refractivity contribution in [2.75, 3.05) is 7.05 Å². The molecule has 0 heterocycles. The fourth-order valence-corrected chi connectivity index (χ4v) is 1.31. The molecule has 0 fully saturated rings. The van der Waals surface area contributed by atoms with Crippen molar-refractivity contribution >= 4 is 11.9 Å². The number of aliphatic hydroxyl groups is 4. The lowest BCUT2D eigenvalue weighted by Crippen LogP contribution is -2.52. The number of nitrogens with one attached hydrogen (secondary N) is 1. The van der Waals surface area contributed by atoms with Gasteiger partial charge in [0, 0.05) is 68.9 Å². The zero-order valence-electron chi connectivity index (χ0n) is 17.6. The number of quaternary nitrogens is 1. The Morgan fingerprint density at radius 2 is 1.00 bits per heavy atom. The van der Waals surface area contributed by atoms with Crippen molar-refractivity contribution in [1.82, 2.24) is 5.32 Å². The summed E-state index contributed by atoms with van der Waals surface area (Å²) < 4.78 is 0. The summed E-state index contributed by atoms with van der Waals surface area (Å²) in [7, 11) is 1.75. The smallest absolute Gasteiger partial charge is 0.335 e. The molecule has 0 aliphatic carbocycles. The first kappa shape index (κ1) is 30.4. The number of carbonyl (C=O) groups is 2. The first-order valence-electron chi connectivity index (χ1n) is 8.70. The normalized spacial score (nSPS) is 10.6. The van der Waals surface area contributed by atoms with E-state index >= 15 is 0 Å². The predicted molar refractivity (Wildman–Crippen MR) is 148 cm³/mol. The van der Waals surface area contributed by atoms with Crippen LogP contribution in [0.15, 0.2) is 0 Å². The maximum Gasteiger partial charge on any atom is 0.335 e. The van der Waals surface area contributed by atoms with E-state index in [1.807, 2.05) is 11.4 Å². The Labute approximate surface area is 214 Å². The molecule has 33 heavy (non-hydrogen) atoms. The van der Waals surface area contributed by atoms with Gasteiger partial charge in [0.25, 0.3) is 5.91 Å². The van der Waals surface area contributed by atoms with E-state index in [0.29, 0.717) is 0 Å². The van der Waals surface area contributed by atoms with Gasteiger partial charge in [0.1, 0.15) is 12.2 Å². The van der Waals surface area contributed by atoms with Gasteiger partial charge in [-0.25, -0.2) is 4.79 Å². The number of rotatable bonds is 5. The molecule has 0 aromatic rings. The van der Waals surface area contributed by atoms with Crippen LogP contribution in [0.1, 0.15) is 28.3 Å². The molecule has 0 aliphatic rings. The van der Waals surface area contributed by atoms with E-state index in [1.165, 1.54) is 0 Å². The average molecular weight is 478 g/mol. The number of aliphatic hydroxyl groups excluding tert-OH is 4. The highest BCUT2D eigenvalue weighted by molar-refractivity contribution is 5.83. The molecular formula is C24H49N2O7+. The third-order valence-corrected chi connectivity index (χ3v) is 2.70. The molecule has 9 heteroatoms. The van der Waals surface area contributed by atoms with E-state index in [-0.39, 0.29) is 21.4 Å². The van der Waals surface area contributed by atoms with Gasteiger partial charge >= 0.3 is 5.97 Å². The fourth-order valence-electron chi connectivity index (χ4n) is 1.31. The summed E-state index contributed by atoms with van der Waals surface area (Å²) in [5.74, 6) is 32.8. The van der Waals surface area contributed by atoms with Gasteiger partial charge in [-0.05, 0) is 48.4 Å². The Kier molecular flexibility index (Phi) is 18.9. The molecule has 0 aliphatic heterocycles. The molecule has 0 aromatic heterocycles. The van der Waals surface area contributed by atoms with E-state index in [9.17, 15) is 24.9 Å². The van der Waals surface area contributed by atoms with Gasteiger partial charge in [0.05, 0.1) is 7.05 Å². The van der Waals surface area contributed by atoms with Crippen molar-refractivity contribution in [3.8, 4) is 94.9 Å². The summed E-state index contributed by atoms with van der Waals surface area (Å²) in [4.78, 5) is 22.0. The molecule has 0 rings (SSSR count). The second kappa shape index (κ2) is 20.5. The molecule has 0 saturated carbocycles. The monoisotopic (exact) mass is 477 g/mol. The van der Waals surface area contributed by atoms with Crippen LogP contribution in [0, 0.1) is 94.9 Å². The van der Waals surface area contributed by atoms with Gasteiger partial charge in [-0.1, -0.05) is 5.92 Å². The van der Waals surface area contributed by atoms with Crippen LogP contribution < -0.4 is 11.1 Å². The Hall–Kier alpha value is -4.78. The first-order chi connectivity index (χ1) is 15.8. The van der Waals surface area contributed by atoms with Crippen LogP contribution in [0.3, 0.4) is 0 Å². The fraction of sp³-hybridized carbons (Fsp3) is 0.250. The predicted octanol–water partition coefficient (Wildman–Crippen LogP) is -0.816. The Morgan fingerprint density at radius 3 is 1.36 bits per heavy atom. The summed E-state index contributed by atoms with van der Waals surface area (Å²) in [6.07, 6.45) is -9.20. The highest BCUT2D eigenvalue weighted by Crippen LogP contribution is 2.05. The molecule has 1 amide bonds. The maximum absolute atomic E-state index is 11.5. The van der Waals surface area contributed by atoms with Gasteiger partial charge in [-0.2, -0.15) is 0 Å². The van der Waals surface area contributed by atoms with Crippen molar-refractivity contribution in [1.29, 1.82) is 0 Å². The Bertz CT molecular complexity index is 1240. The molecule has 0 aromatic carbocycles. The van der Waals surface area contributed by atoms with E-state index in [4.69, 9.17) is 10.2 Å². The standard InChI is InChI=1S/C23H13NO7.CH5N.15H2/c1-2-3-4-5-6-7-8-9-10-11-12-13-14-15-16-17-24-22(29)20(27)18(25)19(26)21(28)23(30)31;1-2;;;;;;;;;;;;;;;/h18-21,25-28H,1H3,(H,24,29)(H,30,31);2H2,1H3;15*1H/p+1/t18-,19-,20+,21-;;;;;;;;;;;;;;;;/m1................/s1. The number of amides is 1. The first-order valence-corrected chi connectivity index (χ1v) is 8.70. The number of carbonyl (C=O) groups excluding carboxylic acids is 1. The zero-order chi connectivity index (χ0) is 25.5. The zero-order valence-corrected chi connectivity index (χ0v) is 17.6. The maximum atomic E-state index is 11.5. The van der Waals surface area contributed by atoms with E-state index < -0.39 is 36.3 Å². The molecule has 0 radical (unpaired) electrons. The van der Waals surface area contributed by atoms with Gasteiger partial charge in [-0.3, -0.25) is 10.1 Å². The minimum absolute atomic E-state index is 0. The van der Waals surface area contributed by atoms with Gasteiger partial charge in [0.2, 0.25) is 0 Å². The molecular weight excluding hydrogens is 428 g/mol. The Morgan fingerprint density at radius 1 is 0.667 bits per heavy atom. The third-order valence-electron chi connectivity index (χ3n) is 2.70. The SMILES string of the molecule is CC#CC#CC#CC#CC#CC#CC#CC#CNC(=O)[C@@H](O)[C@H](O)[C@@H](O)[C@@H](O)C(=O)O.C[NH3+].[HH].[HH].[HH].[HH].[HH].[HH].[HH].[HH].[HH].[HH].[HH].[HH].[HH].[HH].[HH]. The number of hydrogen-bond donors (Lipinski definition) is 7. The lowest BCUT2D eigenvalue weighted by Gasteiger charge is -2.23. The summed E-state index contributed by atoms with van der Waals surface area (Å²) in [6.45, 7) is 1.65. The van der Waals surface area contributed by atoms with Crippen LogP contribution >= 0.6 is 0 Å². The van der Waals surface area contributed by atoms with Crippen molar-refractivity contribution in [2.24, 2.45) is 0 Å². The molecule has 196 valence electrons. The second-order valence-corrected chi connectivity index (χ2v) is 4.82. The van der Waals surface area contributed by atoms with Crippen LogP contribution in [0.25, 0.3) is 0 Å². The molecule has 9 nitrogen and oxygen atoms in total. The second-order valence-electron chi connectivity index (χ2n) is 4.82. The highest BCUT2D eigenvalue weighted by Gasteiger charge is 2.37. The number of carboxylic acids is 1. The van der Waals surface area contributed by atoms with Crippen LogP contribution in [-0.2, 0) is 9.59 Å². The number of hydrogen-bond acceptors (Lipinski definition) is 6. The van der Waals surface area contributed by atoms with Crippen molar-refractivity contribution in [3.05, 3.63) is 0 Å². The van der Waals surface area contributed by atoms with Crippen LogP contribution in [0.4, 0.5) is 0 Å². The molecule has 0 saturated heterocycles. The molecule has 0 unspecified atom stereocenters. The summed E-state index contributed by atoms with van der Waals surface area (Å²) in [5.41, 5.74) is 3.25. The number of carboxylic acid groups (broad SMARTS) is 1. The topological polar surface area (TPSA) is 175 Å². The lowest BCUT2D eigenvalue weighted by molar-refractivity contribution is -0.325. The van der Waals surface area contributed by atoms with Crippen molar-refractivity contribution in [3.63, 3.8) is 0 Å². The lowest BCUT2D eigenvalue weighted by atomic mass is 10.0.